The molecule has 1 aliphatic heterocycles. The summed E-state index contributed by atoms with van der Waals surface area (Å²) >= 11 is 0. The second-order valence-corrected chi connectivity index (χ2v) is 6.25. The predicted molar refractivity (Wildman–Crippen MR) is 78.1 cm³/mol. The molecule has 0 spiro atoms. The molecule has 2 N–H and O–H groups in total. The third-order valence-corrected chi connectivity index (χ3v) is 5.11. The summed E-state index contributed by atoms with van der Waals surface area (Å²) in [6, 6.07) is 0. The molecule has 2 heterocycles. The fourth-order valence-corrected chi connectivity index (χ4v) is 4.12. The van der Waals surface area contributed by atoms with E-state index >= 15 is 0 Å². The van der Waals surface area contributed by atoms with Crippen LogP contribution in [0.1, 0.15) is 43.4 Å². The largest absolute Gasteiger partial charge is 0.356 e. The minimum atomic E-state index is 0.597. The first-order valence-electron chi connectivity index (χ1n) is 7.68. The molecule has 1 aliphatic carbocycles. The van der Waals surface area contributed by atoms with Crippen LogP contribution in [-0.2, 0) is 13.6 Å². The lowest BCUT2D eigenvalue weighted by Gasteiger charge is -2.42. The zero-order valence-electron chi connectivity index (χ0n) is 12.2. The highest BCUT2D eigenvalue weighted by Gasteiger charge is 2.33. The number of piperidine rings is 1. The molecular weight excluding hydrogens is 236 g/mol. The van der Waals surface area contributed by atoms with Gasteiger partial charge in [0.15, 0.2) is 0 Å². The fourth-order valence-electron chi connectivity index (χ4n) is 4.12. The Morgan fingerprint density at radius 2 is 1.95 bits per heavy atom. The highest BCUT2D eigenvalue weighted by Crippen LogP contribution is 2.38. The Bertz CT molecular complexity index is 451. The van der Waals surface area contributed by atoms with Crippen LogP contribution in [0.15, 0.2) is 0 Å². The van der Waals surface area contributed by atoms with Crippen molar-refractivity contribution in [3.63, 3.8) is 0 Å². The Hall–Kier alpha value is -1.03. The van der Waals surface area contributed by atoms with Crippen LogP contribution in [0, 0.1) is 18.8 Å². The van der Waals surface area contributed by atoms with E-state index in [-0.39, 0.29) is 0 Å². The molecule has 0 radical (unpaired) electrons. The Morgan fingerprint density at radius 1 is 1.21 bits per heavy atom. The highest BCUT2D eigenvalue weighted by atomic mass is 15.4. The van der Waals surface area contributed by atoms with Crippen LogP contribution >= 0.6 is 0 Å². The van der Waals surface area contributed by atoms with E-state index in [1.807, 2.05) is 4.68 Å². The van der Waals surface area contributed by atoms with Gasteiger partial charge >= 0.3 is 0 Å². The Morgan fingerprint density at radius 3 is 2.68 bits per heavy atom. The number of aromatic nitrogens is 2. The van der Waals surface area contributed by atoms with Crippen molar-refractivity contribution in [2.45, 2.75) is 45.6 Å². The normalized spacial score (nSPS) is 27.4. The summed E-state index contributed by atoms with van der Waals surface area (Å²) in [5.41, 5.74) is 8.25. The number of nitrogens with two attached hydrogens (primary N) is 1. The van der Waals surface area contributed by atoms with Crippen molar-refractivity contribution >= 4 is 5.82 Å². The van der Waals surface area contributed by atoms with Crippen molar-refractivity contribution in [3.8, 4) is 0 Å². The minimum absolute atomic E-state index is 0.597. The maximum absolute atomic E-state index is 5.92. The number of anilines is 1. The molecule has 1 saturated carbocycles. The summed E-state index contributed by atoms with van der Waals surface area (Å²) in [4.78, 5) is 2.54. The first kappa shape index (κ1) is 13.0. The molecule has 2 fully saturated rings. The van der Waals surface area contributed by atoms with Crippen molar-refractivity contribution in [2.75, 3.05) is 18.0 Å². The Balaban J connectivity index is 1.83. The molecule has 4 heteroatoms. The van der Waals surface area contributed by atoms with E-state index in [1.54, 1.807) is 0 Å². The van der Waals surface area contributed by atoms with Crippen molar-refractivity contribution in [3.05, 3.63) is 11.3 Å². The zero-order valence-corrected chi connectivity index (χ0v) is 12.2. The van der Waals surface area contributed by atoms with Crippen molar-refractivity contribution in [2.24, 2.45) is 24.6 Å². The van der Waals surface area contributed by atoms with E-state index in [4.69, 9.17) is 5.73 Å². The molecule has 1 aromatic heterocycles. The maximum Gasteiger partial charge on any atom is 0.131 e. The van der Waals surface area contributed by atoms with E-state index in [1.165, 1.54) is 56.6 Å². The SMILES string of the molecule is Cc1nn(C)c(N2CCC3CCCCC3C2)c1CN. The fraction of sp³-hybridized carbons (Fsp3) is 0.800. The van der Waals surface area contributed by atoms with Crippen LogP contribution in [0.5, 0.6) is 0 Å². The molecule has 106 valence electrons. The average Bonchev–Trinajstić information content (AvgIpc) is 2.72. The van der Waals surface area contributed by atoms with E-state index < -0.39 is 0 Å². The first-order valence-corrected chi connectivity index (χ1v) is 7.68. The van der Waals surface area contributed by atoms with E-state index in [9.17, 15) is 0 Å². The summed E-state index contributed by atoms with van der Waals surface area (Å²) in [6.07, 6.45) is 7.07. The molecule has 0 bridgehead atoms. The van der Waals surface area contributed by atoms with Gasteiger partial charge in [0.2, 0.25) is 0 Å². The van der Waals surface area contributed by atoms with Gasteiger partial charge in [-0.15, -0.1) is 0 Å². The lowest BCUT2D eigenvalue weighted by atomic mass is 9.75. The zero-order chi connectivity index (χ0) is 13.4. The van der Waals surface area contributed by atoms with Gasteiger partial charge in [-0.1, -0.05) is 19.3 Å². The Kier molecular flexibility index (Phi) is 3.52. The molecular formula is C15H26N4. The molecule has 2 atom stereocenters. The van der Waals surface area contributed by atoms with Crippen LogP contribution in [0.4, 0.5) is 5.82 Å². The van der Waals surface area contributed by atoms with Crippen LogP contribution in [0.2, 0.25) is 0 Å². The molecule has 0 aromatic carbocycles. The van der Waals surface area contributed by atoms with Gasteiger partial charge in [-0.05, 0) is 31.6 Å². The second-order valence-electron chi connectivity index (χ2n) is 6.25. The van der Waals surface area contributed by atoms with Crippen LogP contribution in [0.3, 0.4) is 0 Å². The van der Waals surface area contributed by atoms with E-state index in [0.29, 0.717) is 6.54 Å². The number of hydrogen-bond donors (Lipinski definition) is 1. The van der Waals surface area contributed by atoms with Gasteiger partial charge in [-0.25, -0.2) is 0 Å². The number of aryl methyl sites for hydroxylation is 2. The lowest BCUT2D eigenvalue weighted by molar-refractivity contribution is 0.201. The van der Waals surface area contributed by atoms with Crippen LogP contribution in [0.25, 0.3) is 0 Å². The molecule has 19 heavy (non-hydrogen) atoms. The summed E-state index contributed by atoms with van der Waals surface area (Å²) in [5.74, 6) is 3.13. The molecule has 2 unspecified atom stereocenters. The van der Waals surface area contributed by atoms with Gasteiger partial charge in [0.25, 0.3) is 0 Å². The van der Waals surface area contributed by atoms with E-state index in [0.717, 1.165) is 17.5 Å². The van der Waals surface area contributed by atoms with Gasteiger partial charge in [0, 0.05) is 32.2 Å². The van der Waals surface area contributed by atoms with Gasteiger partial charge in [-0.3, -0.25) is 4.68 Å². The average molecular weight is 262 g/mol. The number of hydrogen-bond acceptors (Lipinski definition) is 3. The lowest BCUT2D eigenvalue weighted by Crippen LogP contribution is -2.43. The van der Waals surface area contributed by atoms with Gasteiger partial charge < -0.3 is 10.6 Å². The van der Waals surface area contributed by atoms with Gasteiger partial charge in [-0.2, -0.15) is 5.10 Å². The molecule has 1 saturated heterocycles. The number of nitrogens with zero attached hydrogens (tertiary/aromatic N) is 3. The first-order chi connectivity index (χ1) is 9.20. The number of rotatable bonds is 2. The van der Waals surface area contributed by atoms with Gasteiger partial charge in [0.05, 0.1) is 5.69 Å². The molecule has 1 aromatic rings. The second kappa shape index (κ2) is 5.16. The highest BCUT2D eigenvalue weighted by molar-refractivity contribution is 5.50. The predicted octanol–water partition coefficient (Wildman–Crippen LogP) is 2.20. The molecule has 4 nitrogen and oxygen atoms in total. The number of fused-ring (bicyclic) bond motifs is 1. The Labute approximate surface area is 116 Å². The summed E-state index contributed by atoms with van der Waals surface area (Å²) in [7, 11) is 2.05. The van der Waals surface area contributed by atoms with Crippen molar-refractivity contribution in [1.82, 2.24) is 9.78 Å². The van der Waals surface area contributed by atoms with Crippen molar-refractivity contribution < 1.29 is 0 Å². The van der Waals surface area contributed by atoms with Gasteiger partial charge in [0.1, 0.15) is 5.82 Å². The van der Waals surface area contributed by atoms with E-state index in [2.05, 4.69) is 24.0 Å². The minimum Gasteiger partial charge on any atom is -0.356 e. The third kappa shape index (κ3) is 2.27. The maximum atomic E-state index is 5.92. The van der Waals surface area contributed by atoms with Crippen LogP contribution in [-0.4, -0.2) is 22.9 Å². The molecule has 0 amide bonds. The molecule has 2 aliphatic rings. The smallest absolute Gasteiger partial charge is 0.131 e. The summed E-state index contributed by atoms with van der Waals surface area (Å²) in [5, 5.41) is 4.56. The third-order valence-electron chi connectivity index (χ3n) is 5.11. The van der Waals surface area contributed by atoms with Crippen molar-refractivity contribution in [1.29, 1.82) is 0 Å². The monoisotopic (exact) mass is 262 g/mol. The van der Waals surface area contributed by atoms with Crippen LogP contribution < -0.4 is 10.6 Å². The summed E-state index contributed by atoms with van der Waals surface area (Å²) in [6.45, 7) is 5.04. The summed E-state index contributed by atoms with van der Waals surface area (Å²) < 4.78 is 2.03. The standard InChI is InChI=1S/C15H26N4/c1-11-14(9-16)15(18(2)17-11)19-8-7-12-5-3-4-6-13(12)10-19/h12-13H,3-10,16H2,1-2H3. The topological polar surface area (TPSA) is 47.1 Å². The quantitative estimate of drug-likeness (QED) is 0.889. The molecule has 3 rings (SSSR count).